The van der Waals surface area contributed by atoms with Crippen molar-refractivity contribution < 1.29 is 14.4 Å². The summed E-state index contributed by atoms with van der Waals surface area (Å²) in [6, 6.07) is 4.26. The van der Waals surface area contributed by atoms with E-state index in [1.165, 1.54) is 0 Å². The number of anilines is 1. The van der Waals surface area contributed by atoms with Crippen molar-refractivity contribution in [1.29, 1.82) is 0 Å². The van der Waals surface area contributed by atoms with Crippen molar-refractivity contribution in [3.8, 4) is 0 Å². The Kier molecular flexibility index (Phi) is 3.80. The minimum absolute atomic E-state index is 0.304. The predicted octanol–water partition coefficient (Wildman–Crippen LogP) is 1.41. The zero-order valence-electron chi connectivity index (χ0n) is 13.9. The zero-order chi connectivity index (χ0) is 18.3. The van der Waals surface area contributed by atoms with Crippen LogP contribution in [0.1, 0.15) is 39.1 Å². The van der Waals surface area contributed by atoms with E-state index in [4.69, 9.17) is 0 Å². The molecule has 0 saturated carbocycles. The van der Waals surface area contributed by atoms with Crippen LogP contribution in [-0.4, -0.2) is 38.9 Å². The first kappa shape index (κ1) is 16.1. The van der Waals surface area contributed by atoms with Crippen LogP contribution in [0.3, 0.4) is 0 Å². The summed E-state index contributed by atoms with van der Waals surface area (Å²) >= 11 is 0. The average Bonchev–Trinajstić information content (AvgIpc) is 3.22. The third kappa shape index (κ3) is 2.55. The smallest absolute Gasteiger partial charge is 0.264 e. The molecule has 2 aromatic rings. The van der Waals surface area contributed by atoms with E-state index in [1.807, 2.05) is 0 Å². The molecule has 1 saturated heterocycles. The molecular weight excluding hydrogens is 334 g/mol. The average molecular weight is 351 g/mol. The third-order valence-corrected chi connectivity index (χ3v) is 4.62. The number of hydrogen-bond acceptors (Lipinski definition) is 5. The second-order valence-corrected chi connectivity index (χ2v) is 6.32. The summed E-state index contributed by atoms with van der Waals surface area (Å²) in [6.07, 6.45) is 4.34. The van der Waals surface area contributed by atoms with Crippen molar-refractivity contribution in [2.45, 2.75) is 25.4 Å². The van der Waals surface area contributed by atoms with E-state index in [0.717, 1.165) is 10.5 Å². The number of hydrogen-bond donors (Lipinski definition) is 3. The Morgan fingerprint density at radius 1 is 1.27 bits per heavy atom. The summed E-state index contributed by atoms with van der Waals surface area (Å²) in [5.74, 6) is -1.26. The summed E-state index contributed by atoms with van der Waals surface area (Å²) in [4.78, 5) is 39.1. The first-order valence-electron chi connectivity index (χ1n) is 8.27. The minimum atomic E-state index is -0.811. The normalized spacial score (nSPS) is 19.5. The lowest BCUT2D eigenvalue weighted by molar-refractivity contribution is -0.125. The SMILES string of the molecule is C=C1CCC(N2C(=O)c3cccc(NCc4cn[nH]c4)c3C2=O)C(=O)N1. The van der Waals surface area contributed by atoms with E-state index in [1.54, 1.807) is 30.6 Å². The number of H-pyrrole nitrogens is 1. The Morgan fingerprint density at radius 2 is 2.12 bits per heavy atom. The number of piperidine rings is 1. The largest absolute Gasteiger partial charge is 0.380 e. The molecule has 1 aromatic carbocycles. The van der Waals surface area contributed by atoms with Crippen LogP contribution in [0.2, 0.25) is 0 Å². The molecule has 1 fully saturated rings. The molecule has 8 heteroatoms. The number of carbonyl (C=O) groups is 3. The number of nitrogens with zero attached hydrogens (tertiary/aromatic N) is 2. The van der Waals surface area contributed by atoms with Crippen LogP contribution in [0.5, 0.6) is 0 Å². The molecule has 1 unspecified atom stereocenters. The zero-order valence-corrected chi connectivity index (χ0v) is 13.9. The van der Waals surface area contributed by atoms with Gasteiger partial charge in [-0.15, -0.1) is 0 Å². The maximum absolute atomic E-state index is 13.0. The number of aromatic nitrogens is 2. The van der Waals surface area contributed by atoms with Crippen LogP contribution >= 0.6 is 0 Å². The highest BCUT2D eigenvalue weighted by molar-refractivity contribution is 6.25. The van der Waals surface area contributed by atoms with E-state index >= 15 is 0 Å². The fourth-order valence-electron chi connectivity index (χ4n) is 3.31. The second kappa shape index (κ2) is 6.14. The van der Waals surface area contributed by atoms with E-state index in [9.17, 15) is 14.4 Å². The van der Waals surface area contributed by atoms with Crippen molar-refractivity contribution in [3.63, 3.8) is 0 Å². The lowest BCUT2D eigenvalue weighted by atomic mass is 10.0. The number of aromatic amines is 1. The van der Waals surface area contributed by atoms with Crippen LogP contribution in [0, 0.1) is 0 Å². The highest BCUT2D eigenvalue weighted by Crippen LogP contribution is 2.33. The number of fused-ring (bicyclic) bond motifs is 1. The molecule has 2 aliphatic heterocycles. The number of nitrogens with one attached hydrogen (secondary N) is 3. The summed E-state index contributed by atoms with van der Waals surface area (Å²) in [5.41, 5.74) is 2.69. The molecule has 3 N–H and O–H groups in total. The van der Waals surface area contributed by atoms with Crippen molar-refractivity contribution in [1.82, 2.24) is 20.4 Å². The summed E-state index contributed by atoms with van der Waals surface area (Å²) < 4.78 is 0. The topological polar surface area (TPSA) is 107 Å². The van der Waals surface area contributed by atoms with Gasteiger partial charge in [-0.25, -0.2) is 0 Å². The number of allylic oxidation sites excluding steroid dienone is 1. The standard InChI is InChI=1S/C18H17N5O3/c1-10-5-6-14(16(24)22-10)23-17(25)12-3-2-4-13(15(12)18(23)26)19-7-11-8-20-21-9-11/h2-4,8-9,14,19H,1,5-7H2,(H,20,21)(H,22,24). The molecular formula is C18H17N5O3. The van der Waals surface area contributed by atoms with Gasteiger partial charge in [0.25, 0.3) is 11.8 Å². The minimum Gasteiger partial charge on any atom is -0.380 e. The summed E-state index contributed by atoms with van der Waals surface area (Å²) in [7, 11) is 0. The highest BCUT2D eigenvalue weighted by atomic mass is 16.2. The number of benzene rings is 1. The Hall–Kier alpha value is -3.42. The molecule has 1 atom stereocenters. The molecule has 26 heavy (non-hydrogen) atoms. The lowest BCUT2D eigenvalue weighted by Gasteiger charge is -2.29. The van der Waals surface area contributed by atoms with Gasteiger partial charge in [-0.1, -0.05) is 12.6 Å². The van der Waals surface area contributed by atoms with Crippen LogP contribution in [0.15, 0.2) is 42.9 Å². The Morgan fingerprint density at radius 3 is 2.85 bits per heavy atom. The first-order chi connectivity index (χ1) is 12.6. The van der Waals surface area contributed by atoms with Crippen molar-refractivity contribution in [2.75, 3.05) is 5.32 Å². The van der Waals surface area contributed by atoms with E-state index in [0.29, 0.717) is 41.9 Å². The molecule has 8 nitrogen and oxygen atoms in total. The number of imide groups is 1. The molecule has 0 bridgehead atoms. The van der Waals surface area contributed by atoms with E-state index in [2.05, 4.69) is 27.4 Å². The fraction of sp³-hybridized carbons (Fsp3) is 0.222. The van der Waals surface area contributed by atoms with Gasteiger partial charge in [0.1, 0.15) is 6.04 Å². The van der Waals surface area contributed by atoms with Crippen LogP contribution in [0.25, 0.3) is 0 Å². The quantitative estimate of drug-likeness (QED) is 0.722. The number of amides is 3. The van der Waals surface area contributed by atoms with Gasteiger partial charge in [-0.3, -0.25) is 24.4 Å². The van der Waals surface area contributed by atoms with Gasteiger partial charge < -0.3 is 10.6 Å². The van der Waals surface area contributed by atoms with Crippen molar-refractivity contribution in [3.05, 3.63) is 59.6 Å². The Bertz CT molecular complexity index is 919. The first-order valence-corrected chi connectivity index (χ1v) is 8.27. The molecule has 132 valence electrons. The molecule has 0 radical (unpaired) electrons. The monoisotopic (exact) mass is 351 g/mol. The van der Waals surface area contributed by atoms with Crippen LogP contribution in [0.4, 0.5) is 5.69 Å². The van der Waals surface area contributed by atoms with Crippen molar-refractivity contribution >= 4 is 23.4 Å². The van der Waals surface area contributed by atoms with E-state index < -0.39 is 17.9 Å². The molecule has 4 rings (SSSR count). The molecule has 0 spiro atoms. The van der Waals surface area contributed by atoms with Gasteiger partial charge in [0.2, 0.25) is 5.91 Å². The molecule has 2 aliphatic rings. The van der Waals surface area contributed by atoms with Gasteiger partial charge in [-0.05, 0) is 25.0 Å². The molecule has 3 heterocycles. The lowest BCUT2D eigenvalue weighted by Crippen LogP contribution is -2.51. The summed E-state index contributed by atoms with van der Waals surface area (Å²) in [5, 5.41) is 12.4. The molecule has 3 amide bonds. The number of rotatable bonds is 4. The fourth-order valence-corrected chi connectivity index (χ4v) is 3.31. The van der Waals surface area contributed by atoms with Crippen LogP contribution in [-0.2, 0) is 11.3 Å². The third-order valence-electron chi connectivity index (χ3n) is 4.62. The van der Waals surface area contributed by atoms with E-state index in [-0.39, 0.29) is 5.91 Å². The Labute approximate surface area is 149 Å². The second-order valence-electron chi connectivity index (χ2n) is 6.32. The Balaban J connectivity index is 1.63. The maximum Gasteiger partial charge on any atom is 0.264 e. The van der Waals surface area contributed by atoms with Gasteiger partial charge >= 0.3 is 0 Å². The number of carbonyl (C=O) groups excluding carboxylic acids is 3. The van der Waals surface area contributed by atoms with Crippen molar-refractivity contribution in [2.24, 2.45) is 0 Å². The van der Waals surface area contributed by atoms with Gasteiger partial charge in [-0.2, -0.15) is 5.10 Å². The molecule has 0 aliphatic carbocycles. The highest BCUT2D eigenvalue weighted by Gasteiger charge is 2.44. The maximum atomic E-state index is 13.0. The van der Waals surface area contributed by atoms with Crippen LogP contribution < -0.4 is 10.6 Å². The van der Waals surface area contributed by atoms with Gasteiger partial charge in [0.15, 0.2) is 0 Å². The summed E-state index contributed by atoms with van der Waals surface area (Å²) in [6.45, 7) is 4.18. The van der Waals surface area contributed by atoms with Gasteiger partial charge in [0.05, 0.1) is 17.3 Å². The predicted molar refractivity (Wildman–Crippen MR) is 93.2 cm³/mol. The molecule has 1 aromatic heterocycles. The van der Waals surface area contributed by atoms with Gasteiger partial charge in [0, 0.05) is 29.7 Å².